The van der Waals surface area contributed by atoms with E-state index >= 15 is 0 Å². The number of aromatic amines is 1. The second-order valence-corrected chi connectivity index (χ2v) is 7.12. The molecule has 2 aromatic rings. The van der Waals surface area contributed by atoms with Gasteiger partial charge in [0, 0.05) is 7.05 Å². The van der Waals surface area contributed by atoms with Gasteiger partial charge < -0.3 is 0 Å². The molecule has 0 spiro atoms. The Hall–Kier alpha value is -1.73. The highest BCUT2D eigenvalue weighted by Crippen LogP contribution is 2.22. The zero-order valence-corrected chi connectivity index (χ0v) is 13.3. The van der Waals surface area contributed by atoms with Gasteiger partial charge in [-0.25, -0.2) is 13.4 Å². The number of sulfonamides is 1. The highest BCUT2D eigenvalue weighted by atomic mass is 32.2. The van der Waals surface area contributed by atoms with Gasteiger partial charge in [0.1, 0.15) is 12.2 Å². The normalized spacial score (nSPS) is 13.5. The minimum atomic E-state index is -3.52. The van der Waals surface area contributed by atoms with Crippen molar-refractivity contribution in [3.63, 3.8) is 0 Å². The highest BCUT2D eigenvalue weighted by molar-refractivity contribution is 7.89. The van der Waals surface area contributed by atoms with E-state index < -0.39 is 10.0 Å². The number of hydrogen-bond acceptors (Lipinski definition) is 4. The van der Waals surface area contributed by atoms with E-state index in [1.54, 1.807) is 12.1 Å². The van der Waals surface area contributed by atoms with Crippen LogP contribution >= 0.6 is 0 Å². The minimum absolute atomic E-state index is 0.162. The lowest BCUT2D eigenvalue weighted by Gasteiger charge is -2.16. The van der Waals surface area contributed by atoms with Gasteiger partial charge in [-0.05, 0) is 30.0 Å². The fraction of sp³-hybridized carbons (Fsp3) is 0.429. The molecule has 1 aromatic carbocycles. The maximum Gasteiger partial charge on any atom is 0.243 e. The number of hydrogen-bond donors (Lipinski definition) is 1. The lowest BCUT2D eigenvalue weighted by molar-refractivity contribution is 0.457. The van der Waals surface area contributed by atoms with Gasteiger partial charge >= 0.3 is 0 Å². The van der Waals surface area contributed by atoms with Crippen molar-refractivity contribution in [3.8, 4) is 0 Å². The van der Waals surface area contributed by atoms with Crippen molar-refractivity contribution in [2.75, 3.05) is 7.05 Å². The minimum Gasteiger partial charge on any atom is -0.262 e. The summed E-state index contributed by atoms with van der Waals surface area (Å²) < 4.78 is 26.2. The molecule has 1 unspecified atom stereocenters. The predicted molar refractivity (Wildman–Crippen MR) is 80.2 cm³/mol. The molecule has 0 bridgehead atoms. The molecule has 1 atom stereocenters. The number of aromatic nitrogens is 3. The Morgan fingerprint density at radius 3 is 2.48 bits per heavy atom. The molecule has 1 N–H and O–H groups in total. The van der Waals surface area contributed by atoms with Crippen LogP contribution < -0.4 is 0 Å². The van der Waals surface area contributed by atoms with Gasteiger partial charge in [-0.1, -0.05) is 26.0 Å². The van der Waals surface area contributed by atoms with Crippen molar-refractivity contribution in [2.24, 2.45) is 0 Å². The molecule has 21 heavy (non-hydrogen) atoms. The molecule has 0 amide bonds. The van der Waals surface area contributed by atoms with Crippen LogP contribution in [0.25, 0.3) is 0 Å². The van der Waals surface area contributed by atoms with E-state index in [4.69, 9.17) is 0 Å². The van der Waals surface area contributed by atoms with Crippen LogP contribution in [0, 0.1) is 0 Å². The van der Waals surface area contributed by atoms with Crippen molar-refractivity contribution in [1.82, 2.24) is 19.5 Å². The first-order valence-electron chi connectivity index (χ1n) is 6.85. The molecule has 0 aliphatic heterocycles. The molecule has 1 aromatic heterocycles. The van der Waals surface area contributed by atoms with Gasteiger partial charge in [-0.3, -0.25) is 5.10 Å². The van der Waals surface area contributed by atoms with Gasteiger partial charge in [0.15, 0.2) is 0 Å². The highest BCUT2D eigenvalue weighted by Gasteiger charge is 2.21. The molecule has 0 aliphatic rings. The first-order valence-corrected chi connectivity index (χ1v) is 8.29. The topological polar surface area (TPSA) is 79.0 Å². The average Bonchev–Trinajstić information content (AvgIpc) is 2.99. The summed E-state index contributed by atoms with van der Waals surface area (Å²) in [4.78, 5) is 4.23. The standard InChI is InChI=1S/C14H20N4O2S/c1-4-11(2)12-5-7-13(8-6-12)21(19,20)18(3)9-14-15-10-16-17-14/h5-8,10-11H,4,9H2,1-3H3,(H,15,16,17). The largest absolute Gasteiger partial charge is 0.262 e. The molecular weight excluding hydrogens is 288 g/mol. The summed E-state index contributed by atoms with van der Waals surface area (Å²) in [7, 11) is -1.99. The van der Waals surface area contributed by atoms with Crippen LogP contribution in [0.3, 0.4) is 0 Å². The Morgan fingerprint density at radius 1 is 1.29 bits per heavy atom. The van der Waals surface area contributed by atoms with E-state index in [1.807, 2.05) is 12.1 Å². The molecule has 114 valence electrons. The van der Waals surface area contributed by atoms with Gasteiger partial charge in [0.05, 0.1) is 11.4 Å². The van der Waals surface area contributed by atoms with Crippen LogP contribution in [-0.4, -0.2) is 35.0 Å². The Bertz CT molecular complexity index is 666. The van der Waals surface area contributed by atoms with Crippen molar-refractivity contribution in [2.45, 2.75) is 37.6 Å². The monoisotopic (exact) mass is 308 g/mol. The number of benzene rings is 1. The van der Waals surface area contributed by atoms with E-state index in [2.05, 4.69) is 29.0 Å². The van der Waals surface area contributed by atoms with Crippen LogP contribution in [0.2, 0.25) is 0 Å². The molecular formula is C14H20N4O2S. The summed E-state index contributed by atoms with van der Waals surface area (Å²) in [6.45, 7) is 4.40. The smallest absolute Gasteiger partial charge is 0.243 e. The van der Waals surface area contributed by atoms with Crippen LogP contribution in [0.1, 0.15) is 37.6 Å². The zero-order valence-electron chi connectivity index (χ0n) is 12.4. The van der Waals surface area contributed by atoms with E-state index in [0.717, 1.165) is 12.0 Å². The summed E-state index contributed by atoms with van der Waals surface area (Å²) in [5, 5.41) is 6.37. The van der Waals surface area contributed by atoms with Gasteiger partial charge in [-0.2, -0.15) is 9.40 Å². The molecule has 2 rings (SSSR count). The van der Waals surface area contributed by atoms with Crippen LogP contribution in [0.4, 0.5) is 0 Å². The lowest BCUT2D eigenvalue weighted by Crippen LogP contribution is -2.27. The quantitative estimate of drug-likeness (QED) is 0.886. The number of nitrogens with one attached hydrogen (secondary N) is 1. The maximum atomic E-state index is 12.5. The van der Waals surface area contributed by atoms with Crippen molar-refractivity contribution < 1.29 is 8.42 Å². The molecule has 0 radical (unpaired) electrons. The second kappa shape index (κ2) is 6.36. The number of rotatable bonds is 6. The third-order valence-electron chi connectivity index (χ3n) is 3.61. The fourth-order valence-corrected chi connectivity index (χ4v) is 3.12. The van der Waals surface area contributed by atoms with E-state index in [1.165, 1.54) is 17.7 Å². The Balaban J connectivity index is 2.18. The molecule has 7 heteroatoms. The Labute approximate surface area is 125 Å². The molecule has 0 saturated heterocycles. The predicted octanol–water partition coefficient (Wildman–Crippen LogP) is 2.14. The lowest BCUT2D eigenvalue weighted by atomic mass is 9.99. The Morgan fingerprint density at radius 2 is 1.95 bits per heavy atom. The first kappa shape index (κ1) is 15.7. The summed E-state index contributed by atoms with van der Waals surface area (Å²) >= 11 is 0. The molecule has 0 fully saturated rings. The third kappa shape index (κ3) is 3.48. The Kier molecular flexibility index (Phi) is 4.74. The van der Waals surface area contributed by atoms with Crippen molar-refractivity contribution in [1.29, 1.82) is 0 Å². The van der Waals surface area contributed by atoms with Crippen molar-refractivity contribution >= 4 is 10.0 Å². The summed E-state index contributed by atoms with van der Waals surface area (Å²) in [5.74, 6) is 0.936. The van der Waals surface area contributed by atoms with Gasteiger partial charge in [0.25, 0.3) is 0 Å². The molecule has 6 nitrogen and oxygen atoms in total. The SMILES string of the molecule is CCC(C)c1ccc(S(=O)(=O)N(C)Cc2ncn[nH]2)cc1. The van der Waals surface area contributed by atoms with Crippen LogP contribution in [0.15, 0.2) is 35.5 Å². The van der Waals surface area contributed by atoms with E-state index in [-0.39, 0.29) is 11.4 Å². The summed E-state index contributed by atoms with van der Waals surface area (Å²) in [6.07, 6.45) is 2.38. The molecule has 1 heterocycles. The van der Waals surface area contributed by atoms with Crippen LogP contribution in [-0.2, 0) is 16.6 Å². The summed E-state index contributed by atoms with van der Waals surface area (Å²) in [5.41, 5.74) is 1.15. The fourth-order valence-electron chi connectivity index (χ4n) is 1.99. The third-order valence-corrected chi connectivity index (χ3v) is 5.42. The van der Waals surface area contributed by atoms with Gasteiger partial charge in [0.2, 0.25) is 10.0 Å². The second-order valence-electron chi connectivity index (χ2n) is 5.07. The van der Waals surface area contributed by atoms with Gasteiger partial charge in [-0.15, -0.1) is 0 Å². The molecule has 0 aliphatic carbocycles. The van der Waals surface area contributed by atoms with Crippen molar-refractivity contribution in [3.05, 3.63) is 42.0 Å². The first-order chi connectivity index (χ1) is 9.95. The summed E-state index contributed by atoms with van der Waals surface area (Å²) in [6, 6.07) is 7.08. The van der Waals surface area contributed by atoms with E-state index in [9.17, 15) is 8.42 Å². The average molecular weight is 308 g/mol. The maximum absolute atomic E-state index is 12.5. The molecule has 0 saturated carbocycles. The zero-order chi connectivity index (χ0) is 15.5. The van der Waals surface area contributed by atoms with Crippen LogP contribution in [0.5, 0.6) is 0 Å². The number of H-pyrrole nitrogens is 1. The number of nitrogens with zero attached hydrogens (tertiary/aromatic N) is 3. The van der Waals surface area contributed by atoms with E-state index in [0.29, 0.717) is 11.7 Å².